The van der Waals surface area contributed by atoms with Gasteiger partial charge in [-0.05, 0) is 18.3 Å². The van der Waals surface area contributed by atoms with E-state index in [1.807, 2.05) is 0 Å². The Morgan fingerprint density at radius 1 is 1.38 bits per heavy atom. The Balaban J connectivity index is 2.25. The lowest BCUT2D eigenvalue weighted by Crippen LogP contribution is -2.47. The first kappa shape index (κ1) is 11.0. The lowest BCUT2D eigenvalue weighted by Gasteiger charge is -2.33. The Bertz CT molecular complexity index is 143. The summed E-state index contributed by atoms with van der Waals surface area (Å²) in [6.45, 7) is 10.9. The number of morpholine rings is 1. The molecule has 2 heteroatoms. The van der Waals surface area contributed by atoms with E-state index < -0.39 is 0 Å². The third-order valence-corrected chi connectivity index (χ3v) is 2.48. The zero-order chi connectivity index (χ0) is 9.90. The molecule has 0 aromatic heterocycles. The summed E-state index contributed by atoms with van der Waals surface area (Å²) in [5.41, 5.74) is 0.403. The zero-order valence-corrected chi connectivity index (χ0v) is 9.39. The van der Waals surface area contributed by atoms with E-state index in [2.05, 4.69) is 33.0 Å². The molecule has 1 saturated heterocycles. The van der Waals surface area contributed by atoms with Crippen molar-refractivity contribution in [3.05, 3.63) is 0 Å². The van der Waals surface area contributed by atoms with Crippen molar-refractivity contribution in [3.63, 3.8) is 0 Å². The van der Waals surface area contributed by atoms with Crippen LogP contribution >= 0.6 is 0 Å². The molecule has 13 heavy (non-hydrogen) atoms. The summed E-state index contributed by atoms with van der Waals surface area (Å²) in [7, 11) is 0. The largest absolute Gasteiger partial charge is 0.375 e. The van der Waals surface area contributed by atoms with Gasteiger partial charge in [-0.25, -0.2) is 0 Å². The molecule has 1 N–H and O–H groups in total. The highest BCUT2D eigenvalue weighted by atomic mass is 16.5. The van der Waals surface area contributed by atoms with Crippen molar-refractivity contribution in [1.82, 2.24) is 5.32 Å². The van der Waals surface area contributed by atoms with Crippen molar-refractivity contribution in [3.8, 4) is 0 Å². The predicted octanol–water partition coefficient (Wildman–Crippen LogP) is 2.19. The van der Waals surface area contributed by atoms with Crippen LogP contribution in [0.25, 0.3) is 0 Å². The average molecular weight is 185 g/mol. The highest BCUT2D eigenvalue weighted by Crippen LogP contribution is 2.22. The summed E-state index contributed by atoms with van der Waals surface area (Å²) in [6, 6.07) is 0.558. The van der Waals surface area contributed by atoms with Gasteiger partial charge in [0.1, 0.15) is 0 Å². The van der Waals surface area contributed by atoms with Crippen LogP contribution in [0.5, 0.6) is 0 Å². The quantitative estimate of drug-likeness (QED) is 0.712. The summed E-state index contributed by atoms with van der Waals surface area (Å²) in [5.74, 6) is 0. The van der Waals surface area contributed by atoms with Crippen LogP contribution in [0.2, 0.25) is 0 Å². The molecule has 0 saturated carbocycles. The Morgan fingerprint density at radius 2 is 2.08 bits per heavy atom. The van der Waals surface area contributed by atoms with E-state index in [1.165, 1.54) is 6.42 Å². The Kier molecular flexibility index (Phi) is 3.74. The molecule has 2 atom stereocenters. The van der Waals surface area contributed by atoms with Crippen molar-refractivity contribution in [2.24, 2.45) is 5.41 Å². The molecular formula is C11H23NO. The van der Waals surface area contributed by atoms with Crippen molar-refractivity contribution < 1.29 is 4.74 Å². The van der Waals surface area contributed by atoms with Gasteiger partial charge in [-0.3, -0.25) is 0 Å². The second kappa shape index (κ2) is 4.43. The first-order chi connectivity index (χ1) is 6.01. The molecule has 0 aromatic carbocycles. The van der Waals surface area contributed by atoms with E-state index >= 15 is 0 Å². The molecule has 2 unspecified atom stereocenters. The van der Waals surface area contributed by atoms with Crippen LogP contribution in [-0.4, -0.2) is 25.3 Å². The van der Waals surface area contributed by atoms with Gasteiger partial charge in [0.15, 0.2) is 0 Å². The van der Waals surface area contributed by atoms with Crippen molar-refractivity contribution in [1.29, 1.82) is 0 Å². The van der Waals surface area contributed by atoms with Gasteiger partial charge in [-0.1, -0.05) is 27.7 Å². The maximum atomic E-state index is 5.72. The van der Waals surface area contributed by atoms with Crippen molar-refractivity contribution in [2.75, 3.05) is 13.2 Å². The fourth-order valence-electron chi connectivity index (χ4n) is 1.80. The third-order valence-electron chi connectivity index (χ3n) is 2.48. The highest BCUT2D eigenvalue weighted by Gasteiger charge is 2.23. The van der Waals surface area contributed by atoms with Crippen molar-refractivity contribution >= 4 is 0 Å². The van der Waals surface area contributed by atoms with E-state index in [-0.39, 0.29) is 0 Å². The number of hydrogen-bond donors (Lipinski definition) is 1. The van der Waals surface area contributed by atoms with Gasteiger partial charge in [0.2, 0.25) is 0 Å². The molecule has 0 amide bonds. The van der Waals surface area contributed by atoms with Gasteiger partial charge in [-0.15, -0.1) is 0 Å². The summed E-state index contributed by atoms with van der Waals surface area (Å²) < 4.78 is 5.72. The van der Waals surface area contributed by atoms with E-state index in [4.69, 9.17) is 4.74 Å². The fraction of sp³-hybridized carbons (Fsp3) is 1.00. The molecule has 0 spiro atoms. The lowest BCUT2D eigenvalue weighted by atomic mass is 9.88. The van der Waals surface area contributed by atoms with Gasteiger partial charge in [0.05, 0.1) is 12.7 Å². The monoisotopic (exact) mass is 185 g/mol. The Morgan fingerprint density at radius 3 is 2.46 bits per heavy atom. The Hall–Kier alpha value is -0.0800. The smallest absolute Gasteiger partial charge is 0.0697 e. The molecule has 1 aliphatic rings. The minimum atomic E-state index is 0.403. The van der Waals surface area contributed by atoms with Crippen LogP contribution < -0.4 is 5.32 Å². The molecule has 0 aromatic rings. The molecular weight excluding hydrogens is 162 g/mol. The molecule has 0 bridgehead atoms. The van der Waals surface area contributed by atoms with Gasteiger partial charge in [0, 0.05) is 12.6 Å². The van der Waals surface area contributed by atoms with Crippen LogP contribution in [0, 0.1) is 5.41 Å². The maximum absolute atomic E-state index is 5.72. The van der Waals surface area contributed by atoms with E-state index in [9.17, 15) is 0 Å². The molecule has 78 valence electrons. The topological polar surface area (TPSA) is 21.3 Å². The molecule has 1 heterocycles. The van der Waals surface area contributed by atoms with Crippen LogP contribution in [0.15, 0.2) is 0 Å². The highest BCUT2D eigenvalue weighted by molar-refractivity contribution is 4.79. The first-order valence-electron chi connectivity index (χ1n) is 5.36. The number of hydrogen-bond acceptors (Lipinski definition) is 2. The normalized spacial score (nSPS) is 30.5. The second-order valence-corrected chi connectivity index (χ2v) is 5.23. The Labute approximate surface area is 82.0 Å². The number of rotatable bonds is 2. The number of nitrogens with one attached hydrogen (secondary N) is 1. The van der Waals surface area contributed by atoms with Crippen LogP contribution in [-0.2, 0) is 4.74 Å². The summed E-state index contributed by atoms with van der Waals surface area (Å²) in [5, 5.41) is 3.55. The van der Waals surface area contributed by atoms with Gasteiger partial charge < -0.3 is 10.1 Å². The van der Waals surface area contributed by atoms with Crippen LogP contribution in [0.4, 0.5) is 0 Å². The summed E-state index contributed by atoms with van der Waals surface area (Å²) >= 11 is 0. The zero-order valence-electron chi connectivity index (χ0n) is 9.39. The van der Waals surface area contributed by atoms with E-state index in [0.29, 0.717) is 17.6 Å². The van der Waals surface area contributed by atoms with Crippen LogP contribution in [0.3, 0.4) is 0 Å². The minimum Gasteiger partial charge on any atom is -0.375 e. The molecule has 1 fully saturated rings. The average Bonchev–Trinajstić information content (AvgIpc) is 2.03. The first-order valence-corrected chi connectivity index (χ1v) is 5.36. The fourth-order valence-corrected chi connectivity index (χ4v) is 1.80. The third kappa shape index (κ3) is 4.10. The maximum Gasteiger partial charge on any atom is 0.0697 e. The molecule has 0 radical (unpaired) electrons. The van der Waals surface area contributed by atoms with E-state index in [0.717, 1.165) is 19.6 Å². The van der Waals surface area contributed by atoms with Crippen molar-refractivity contribution in [2.45, 2.75) is 52.7 Å². The second-order valence-electron chi connectivity index (χ2n) is 5.23. The summed E-state index contributed by atoms with van der Waals surface area (Å²) in [6.07, 6.45) is 2.76. The van der Waals surface area contributed by atoms with E-state index in [1.54, 1.807) is 0 Å². The predicted molar refractivity (Wildman–Crippen MR) is 55.9 cm³/mol. The molecule has 2 nitrogen and oxygen atoms in total. The van der Waals surface area contributed by atoms with Gasteiger partial charge in [-0.2, -0.15) is 0 Å². The lowest BCUT2D eigenvalue weighted by molar-refractivity contribution is -0.00566. The molecule has 1 aliphatic heterocycles. The van der Waals surface area contributed by atoms with Crippen LogP contribution in [0.1, 0.15) is 40.5 Å². The number of ether oxygens (including phenoxy) is 1. The molecule has 1 rings (SSSR count). The van der Waals surface area contributed by atoms with Gasteiger partial charge in [0.25, 0.3) is 0 Å². The summed E-state index contributed by atoms with van der Waals surface area (Å²) in [4.78, 5) is 0. The SMILES string of the molecule is CCC1CNC(CC(C)(C)C)CO1. The standard InChI is InChI=1S/C11H23NO/c1-5-10-7-12-9(8-13-10)6-11(2,3)4/h9-10,12H,5-8H2,1-4H3. The van der Waals surface area contributed by atoms with Gasteiger partial charge >= 0.3 is 0 Å². The minimum absolute atomic E-state index is 0.403. The molecule has 0 aliphatic carbocycles.